The third kappa shape index (κ3) is 5.04. The molecule has 0 bridgehead atoms. The molecular weight excluding hydrogens is 216 g/mol. The fourth-order valence-corrected chi connectivity index (χ4v) is 2.31. The molecule has 1 fully saturated rings. The van der Waals surface area contributed by atoms with Gasteiger partial charge in [0.05, 0.1) is 7.11 Å². The standard InChI is InChI=1S/C13H26N2O2/c1-10(2)9-12(13(16)17-4)14-11-5-7-15(3)8-6-11/h10-12,14H,5-9H2,1-4H3. The first kappa shape index (κ1) is 14.5. The van der Waals surface area contributed by atoms with Gasteiger partial charge in [-0.05, 0) is 45.3 Å². The van der Waals surface area contributed by atoms with Gasteiger partial charge in [0.1, 0.15) is 6.04 Å². The first-order valence-corrected chi connectivity index (χ1v) is 6.55. The van der Waals surface area contributed by atoms with Crippen LogP contribution in [0.1, 0.15) is 33.1 Å². The molecule has 0 aromatic carbocycles. The van der Waals surface area contributed by atoms with Crippen LogP contribution in [-0.2, 0) is 9.53 Å². The lowest BCUT2D eigenvalue weighted by Gasteiger charge is -2.32. The number of hydrogen-bond donors (Lipinski definition) is 1. The molecular formula is C13H26N2O2. The van der Waals surface area contributed by atoms with Crippen LogP contribution in [0.4, 0.5) is 0 Å². The Morgan fingerprint density at radius 1 is 1.41 bits per heavy atom. The van der Waals surface area contributed by atoms with Crippen molar-refractivity contribution in [3.05, 3.63) is 0 Å². The number of hydrogen-bond acceptors (Lipinski definition) is 4. The van der Waals surface area contributed by atoms with Crippen LogP contribution >= 0.6 is 0 Å². The minimum absolute atomic E-state index is 0.127. The van der Waals surface area contributed by atoms with E-state index < -0.39 is 0 Å². The quantitative estimate of drug-likeness (QED) is 0.737. The van der Waals surface area contributed by atoms with Crippen molar-refractivity contribution in [3.8, 4) is 0 Å². The van der Waals surface area contributed by atoms with Crippen LogP contribution in [0.3, 0.4) is 0 Å². The van der Waals surface area contributed by atoms with Gasteiger partial charge in [0.15, 0.2) is 0 Å². The van der Waals surface area contributed by atoms with Gasteiger partial charge in [-0.2, -0.15) is 0 Å². The molecule has 4 nitrogen and oxygen atoms in total. The summed E-state index contributed by atoms with van der Waals surface area (Å²) in [5.74, 6) is 0.371. The van der Waals surface area contributed by atoms with Gasteiger partial charge in [0, 0.05) is 6.04 Å². The molecule has 1 saturated heterocycles. The van der Waals surface area contributed by atoms with Crippen molar-refractivity contribution in [1.82, 2.24) is 10.2 Å². The molecule has 0 aliphatic carbocycles. The topological polar surface area (TPSA) is 41.6 Å². The number of piperidine rings is 1. The molecule has 0 spiro atoms. The minimum atomic E-state index is -0.145. The minimum Gasteiger partial charge on any atom is -0.468 e. The third-order valence-corrected chi connectivity index (χ3v) is 3.35. The molecule has 1 aliphatic rings. The van der Waals surface area contributed by atoms with Crippen molar-refractivity contribution in [2.24, 2.45) is 5.92 Å². The largest absolute Gasteiger partial charge is 0.468 e. The van der Waals surface area contributed by atoms with Gasteiger partial charge in [0.2, 0.25) is 0 Å². The van der Waals surface area contributed by atoms with Crippen LogP contribution in [0, 0.1) is 5.92 Å². The number of rotatable bonds is 5. The highest BCUT2D eigenvalue weighted by Crippen LogP contribution is 2.13. The summed E-state index contributed by atoms with van der Waals surface area (Å²) in [6.45, 7) is 6.47. The number of methoxy groups -OCH3 is 1. The molecule has 1 atom stereocenters. The molecule has 0 aromatic heterocycles. The van der Waals surface area contributed by atoms with E-state index in [0.29, 0.717) is 12.0 Å². The summed E-state index contributed by atoms with van der Waals surface area (Å²) in [5.41, 5.74) is 0. The molecule has 17 heavy (non-hydrogen) atoms. The first-order chi connectivity index (χ1) is 8.02. The lowest BCUT2D eigenvalue weighted by Crippen LogP contribution is -2.48. The summed E-state index contributed by atoms with van der Waals surface area (Å²) in [6.07, 6.45) is 3.07. The number of nitrogens with zero attached hydrogens (tertiary/aromatic N) is 1. The highest BCUT2D eigenvalue weighted by Gasteiger charge is 2.25. The van der Waals surface area contributed by atoms with Crippen molar-refractivity contribution in [2.75, 3.05) is 27.2 Å². The van der Waals surface area contributed by atoms with Gasteiger partial charge in [0.25, 0.3) is 0 Å². The van der Waals surface area contributed by atoms with E-state index in [4.69, 9.17) is 4.74 Å². The summed E-state index contributed by atoms with van der Waals surface area (Å²) in [5, 5.41) is 3.46. The van der Waals surface area contributed by atoms with Crippen LogP contribution in [0.25, 0.3) is 0 Å². The smallest absolute Gasteiger partial charge is 0.322 e. The molecule has 0 saturated carbocycles. The molecule has 1 N–H and O–H groups in total. The average Bonchev–Trinajstić information content (AvgIpc) is 2.29. The number of carbonyl (C=O) groups excluding carboxylic acids is 1. The highest BCUT2D eigenvalue weighted by molar-refractivity contribution is 5.75. The average molecular weight is 242 g/mol. The van der Waals surface area contributed by atoms with Gasteiger partial charge in [-0.1, -0.05) is 13.8 Å². The molecule has 0 radical (unpaired) electrons. The molecule has 1 aliphatic heterocycles. The van der Waals surface area contributed by atoms with E-state index in [1.54, 1.807) is 0 Å². The Morgan fingerprint density at radius 3 is 2.47 bits per heavy atom. The molecule has 1 rings (SSSR count). The summed E-state index contributed by atoms with van der Waals surface area (Å²) in [6, 6.07) is 0.308. The number of likely N-dealkylation sites (tertiary alicyclic amines) is 1. The Balaban J connectivity index is 2.45. The van der Waals surface area contributed by atoms with E-state index in [9.17, 15) is 4.79 Å². The predicted molar refractivity (Wildman–Crippen MR) is 68.9 cm³/mol. The van der Waals surface area contributed by atoms with Crippen molar-refractivity contribution >= 4 is 5.97 Å². The van der Waals surface area contributed by atoms with Gasteiger partial charge in [-0.15, -0.1) is 0 Å². The van der Waals surface area contributed by atoms with E-state index in [2.05, 4.69) is 31.1 Å². The lowest BCUT2D eigenvalue weighted by atomic mass is 9.99. The van der Waals surface area contributed by atoms with Crippen molar-refractivity contribution < 1.29 is 9.53 Å². The maximum atomic E-state index is 11.7. The van der Waals surface area contributed by atoms with Crippen molar-refractivity contribution in [1.29, 1.82) is 0 Å². The van der Waals surface area contributed by atoms with Gasteiger partial charge >= 0.3 is 5.97 Å². The SMILES string of the molecule is COC(=O)C(CC(C)C)NC1CCN(C)CC1. The summed E-state index contributed by atoms with van der Waals surface area (Å²) in [4.78, 5) is 14.0. The molecule has 1 heterocycles. The Bertz CT molecular complexity index is 236. The summed E-state index contributed by atoms with van der Waals surface area (Å²) >= 11 is 0. The molecule has 1 unspecified atom stereocenters. The fourth-order valence-electron chi connectivity index (χ4n) is 2.31. The number of nitrogens with one attached hydrogen (secondary N) is 1. The second kappa shape index (κ2) is 6.97. The maximum Gasteiger partial charge on any atom is 0.322 e. The normalized spacial score (nSPS) is 20.5. The van der Waals surface area contributed by atoms with E-state index in [0.717, 1.165) is 32.4 Å². The van der Waals surface area contributed by atoms with Crippen molar-refractivity contribution in [2.45, 2.75) is 45.2 Å². The van der Waals surface area contributed by atoms with Gasteiger partial charge in [-0.25, -0.2) is 0 Å². The van der Waals surface area contributed by atoms with Crippen LogP contribution in [-0.4, -0.2) is 50.2 Å². The number of esters is 1. The predicted octanol–water partition coefficient (Wildman–Crippen LogP) is 1.26. The Hall–Kier alpha value is -0.610. The van der Waals surface area contributed by atoms with Gasteiger partial charge in [-0.3, -0.25) is 4.79 Å². The third-order valence-electron chi connectivity index (χ3n) is 3.35. The molecule has 0 amide bonds. The second-order valence-electron chi connectivity index (χ2n) is 5.45. The van der Waals surface area contributed by atoms with Crippen LogP contribution in [0.5, 0.6) is 0 Å². The fraction of sp³-hybridized carbons (Fsp3) is 0.923. The van der Waals surface area contributed by atoms with Crippen LogP contribution in [0.2, 0.25) is 0 Å². The highest BCUT2D eigenvalue weighted by atomic mass is 16.5. The second-order valence-corrected chi connectivity index (χ2v) is 5.45. The van der Waals surface area contributed by atoms with Crippen LogP contribution < -0.4 is 5.32 Å². The zero-order valence-electron chi connectivity index (χ0n) is 11.5. The summed E-state index contributed by atoms with van der Waals surface area (Å²) < 4.78 is 4.86. The van der Waals surface area contributed by atoms with E-state index in [1.807, 2.05) is 0 Å². The molecule has 4 heteroatoms. The number of carbonyl (C=O) groups is 1. The zero-order valence-corrected chi connectivity index (χ0v) is 11.5. The summed E-state index contributed by atoms with van der Waals surface area (Å²) in [7, 11) is 3.61. The Labute approximate surface area is 105 Å². The maximum absolute atomic E-state index is 11.7. The lowest BCUT2D eigenvalue weighted by molar-refractivity contribution is -0.143. The van der Waals surface area contributed by atoms with Gasteiger partial charge < -0.3 is 15.0 Å². The first-order valence-electron chi connectivity index (χ1n) is 6.55. The van der Waals surface area contributed by atoms with E-state index in [1.165, 1.54) is 7.11 Å². The van der Waals surface area contributed by atoms with Crippen molar-refractivity contribution in [3.63, 3.8) is 0 Å². The number of ether oxygens (including phenoxy) is 1. The molecule has 100 valence electrons. The van der Waals surface area contributed by atoms with Crippen LogP contribution in [0.15, 0.2) is 0 Å². The van der Waals surface area contributed by atoms with E-state index >= 15 is 0 Å². The van der Waals surface area contributed by atoms with E-state index in [-0.39, 0.29) is 12.0 Å². The monoisotopic (exact) mass is 242 g/mol. The Kier molecular flexibility index (Phi) is 5.92. The zero-order chi connectivity index (χ0) is 12.8. The Morgan fingerprint density at radius 2 is 2.00 bits per heavy atom. The molecule has 0 aromatic rings.